The third kappa shape index (κ3) is 4.66. The first-order valence-electron chi connectivity index (χ1n) is 8.80. The number of carbonyl (C=O) groups is 2. The van der Waals surface area contributed by atoms with Crippen molar-refractivity contribution in [3.8, 4) is 0 Å². The van der Waals surface area contributed by atoms with Crippen LogP contribution in [0.3, 0.4) is 0 Å². The fourth-order valence-electron chi connectivity index (χ4n) is 3.09. The van der Waals surface area contributed by atoms with Crippen molar-refractivity contribution in [2.24, 2.45) is 0 Å². The van der Waals surface area contributed by atoms with Gasteiger partial charge in [-0.25, -0.2) is 0 Å². The normalized spacial score (nSPS) is 17.7. The first-order valence-corrected chi connectivity index (χ1v) is 8.80. The largest absolute Gasteiger partial charge is 0.354 e. The van der Waals surface area contributed by atoms with Gasteiger partial charge in [0.25, 0.3) is 0 Å². The Balaban J connectivity index is 1.56. The van der Waals surface area contributed by atoms with Crippen molar-refractivity contribution in [1.29, 1.82) is 0 Å². The van der Waals surface area contributed by atoms with Crippen molar-refractivity contribution in [1.82, 2.24) is 30.5 Å². The van der Waals surface area contributed by atoms with Gasteiger partial charge in [0.2, 0.25) is 11.8 Å². The van der Waals surface area contributed by atoms with Crippen molar-refractivity contribution in [3.63, 3.8) is 0 Å². The number of hydrogen-bond acceptors (Lipinski definition) is 5. The molecule has 138 valence electrons. The fraction of sp³-hybridized carbons (Fsp3) is 0.444. The van der Waals surface area contributed by atoms with E-state index in [1.807, 2.05) is 12.1 Å². The van der Waals surface area contributed by atoms with Crippen LogP contribution in [-0.4, -0.2) is 57.4 Å². The third-order valence-electron chi connectivity index (χ3n) is 4.59. The highest BCUT2D eigenvalue weighted by Crippen LogP contribution is 2.16. The van der Waals surface area contributed by atoms with E-state index in [1.54, 1.807) is 17.1 Å². The van der Waals surface area contributed by atoms with Crippen LogP contribution in [0.4, 0.5) is 0 Å². The molecule has 1 aromatic carbocycles. The number of hydrogen-bond donors (Lipinski definition) is 2. The smallest absolute Gasteiger partial charge is 0.237 e. The minimum atomic E-state index is -0.449. The molecule has 2 heterocycles. The molecule has 26 heavy (non-hydrogen) atoms. The van der Waals surface area contributed by atoms with E-state index in [0.717, 1.165) is 6.54 Å². The van der Waals surface area contributed by atoms with Gasteiger partial charge in [0.15, 0.2) is 0 Å². The van der Waals surface area contributed by atoms with Crippen LogP contribution < -0.4 is 10.6 Å². The van der Waals surface area contributed by atoms with Gasteiger partial charge in [0.1, 0.15) is 0 Å². The van der Waals surface area contributed by atoms with Gasteiger partial charge in [-0.2, -0.15) is 0 Å². The summed E-state index contributed by atoms with van der Waals surface area (Å²) in [6.45, 7) is 5.07. The second kappa shape index (κ2) is 8.57. The minimum absolute atomic E-state index is 0.0868. The monoisotopic (exact) mass is 356 g/mol. The van der Waals surface area contributed by atoms with Gasteiger partial charge < -0.3 is 10.6 Å². The molecule has 0 unspecified atom stereocenters. The van der Waals surface area contributed by atoms with Crippen LogP contribution in [-0.2, 0) is 22.7 Å². The minimum Gasteiger partial charge on any atom is -0.354 e. The quantitative estimate of drug-likeness (QED) is 0.734. The second-order valence-electron chi connectivity index (χ2n) is 6.42. The van der Waals surface area contributed by atoms with Crippen LogP contribution in [0.15, 0.2) is 36.7 Å². The highest BCUT2D eigenvalue weighted by atomic mass is 16.2. The standard InChI is InChI=1S/C18H24N6O2/c1-14-4-2-3-5-15(14)13-23-9-6-20-18(26)16(23)12-17(25)19-7-10-24-11-8-21-22-24/h2-5,8,11,16H,6-7,9-10,12-13H2,1H3,(H,19,25)(H,20,26)/t16-/m0/s1. The summed E-state index contributed by atoms with van der Waals surface area (Å²) in [6.07, 6.45) is 3.48. The zero-order valence-corrected chi connectivity index (χ0v) is 14.9. The molecule has 1 atom stereocenters. The highest BCUT2D eigenvalue weighted by molar-refractivity contribution is 5.88. The van der Waals surface area contributed by atoms with Crippen LogP contribution >= 0.6 is 0 Å². The predicted octanol–water partition coefficient (Wildman–Crippen LogP) is 0.0934. The molecule has 2 aromatic rings. The molecule has 1 fully saturated rings. The van der Waals surface area contributed by atoms with Crippen molar-refractivity contribution >= 4 is 11.8 Å². The van der Waals surface area contributed by atoms with Crippen LogP contribution in [0, 0.1) is 6.92 Å². The maximum Gasteiger partial charge on any atom is 0.237 e. The summed E-state index contributed by atoms with van der Waals surface area (Å²) in [5.74, 6) is -0.224. The Morgan fingerprint density at radius 2 is 2.23 bits per heavy atom. The Labute approximate surface area is 152 Å². The predicted molar refractivity (Wildman–Crippen MR) is 96.0 cm³/mol. The molecule has 1 aliphatic heterocycles. The Hall–Kier alpha value is -2.74. The number of piperazine rings is 1. The lowest BCUT2D eigenvalue weighted by atomic mass is 10.0. The van der Waals surface area contributed by atoms with Crippen molar-refractivity contribution < 1.29 is 9.59 Å². The number of benzene rings is 1. The molecule has 0 saturated carbocycles. The first kappa shape index (κ1) is 18.1. The number of amides is 2. The van der Waals surface area contributed by atoms with Crippen LogP contribution in [0.25, 0.3) is 0 Å². The molecule has 3 rings (SSSR count). The number of rotatable bonds is 7. The fourth-order valence-corrected chi connectivity index (χ4v) is 3.09. The van der Waals surface area contributed by atoms with E-state index in [9.17, 15) is 9.59 Å². The van der Waals surface area contributed by atoms with Crippen LogP contribution in [0.5, 0.6) is 0 Å². The number of carbonyl (C=O) groups excluding carboxylic acids is 2. The summed E-state index contributed by atoms with van der Waals surface area (Å²) in [6, 6.07) is 7.68. The highest BCUT2D eigenvalue weighted by Gasteiger charge is 2.31. The zero-order chi connectivity index (χ0) is 18.4. The molecule has 1 aromatic heterocycles. The van der Waals surface area contributed by atoms with Gasteiger partial charge in [-0.15, -0.1) is 5.10 Å². The van der Waals surface area contributed by atoms with Gasteiger partial charge >= 0.3 is 0 Å². The lowest BCUT2D eigenvalue weighted by Crippen LogP contribution is -2.56. The Morgan fingerprint density at radius 3 is 3.00 bits per heavy atom. The van der Waals surface area contributed by atoms with E-state index >= 15 is 0 Å². The Bertz CT molecular complexity index is 746. The molecule has 1 saturated heterocycles. The maximum absolute atomic E-state index is 12.3. The molecule has 0 radical (unpaired) electrons. The van der Waals surface area contributed by atoms with Gasteiger partial charge in [0.05, 0.1) is 25.2 Å². The first-order chi connectivity index (χ1) is 12.6. The summed E-state index contributed by atoms with van der Waals surface area (Å²) in [5.41, 5.74) is 2.37. The number of nitrogens with zero attached hydrogens (tertiary/aromatic N) is 4. The van der Waals surface area contributed by atoms with Gasteiger partial charge in [0, 0.05) is 32.4 Å². The molecule has 0 spiro atoms. The molecule has 2 N–H and O–H groups in total. The van der Waals surface area contributed by atoms with Crippen LogP contribution in [0.2, 0.25) is 0 Å². The molecular weight excluding hydrogens is 332 g/mol. The molecular formula is C18H24N6O2. The summed E-state index contributed by atoms with van der Waals surface area (Å²) < 4.78 is 1.65. The maximum atomic E-state index is 12.3. The van der Waals surface area contributed by atoms with Gasteiger partial charge in [-0.3, -0.25) is 19.2 Å². The number of aryl methyl sites for hydroxylation is 1. The summed E-state index contributed by atoms with van der Waals surface area (Å²) in [4.78, 5) is 26.7. The SMILES string of the molecule is Cc1ccccc1CN1CCNC(=O)[C@@H]1CC(=O)NCCn1ccnn1. The van der Waals surface area contributed by atoms with Gasteiger partial charge in [-0.05, 0) is 18.1 Å². The third-order valence-corrected chi connectivity index (χ3v) is 4.59. The molecule has 2 amide bonds. The average Bonchev–Trinajstić information content (AvgIpc) is 3.13. The topological polar surface area (TPSA) is 92.2 Å². The average molecular weight is 356 g/mol. The van der Waals surface area contributed by atoms with Gasteiger partial charge in [-0.1, -0.05) is 29.5 Å². The van der Waals surface area contributed by atoms with Crippen molar-refractivity contribution in [3.05, 3.63) is 47.8 Å². The summed E-state index contributed by atoms with van der Waals surface area (Å²) >= 11 is 0. The Morgan fingerprint density at radius 1 is 1.38 bits per heavy atom. The number of nitrogens with one attached hydrogen (secondary N) is 2. The van der Waals surface area contributed by atoms with Crippen molar-refractivity contribution in [2.45, 2.75) is 32.5 Å². The lowest BCUT2D eigenvalue weighted by Gasteiger charge is -2.35. The zero-order valence-electron chi connectivity index (χ0n) is 14.9. The summed E-state index contributed by atoms with van der Waals surface area (Å²) in [7, 11) is 0. The van der Waals surface area contributed by atoms with Crippen LogP contribution in [0.1, 0.15) is 17.5 Å². The Kier molecular flexibility index (Phi) is 5.96. The second-order valence-corrected chi connectivity index (χ2v) is 6.42. The molecule has 0 aliphatic carbocycles. The number of aromatic nitrogens is 3. The lowest BCUT2D eigenvalue weighted by molar-refractivity contribution is -0.134. The molecule has 1 aliphatic rings. The van der Waals surface area contributed by atoms with E-state index in [4.69, 9.17) is 0 Å². The molecule has 0 bridgehead atoms. The molecule has 8 heteroatoms. The molecule has 8 nitrogen and oxygen atoms in total. The van der Waals surface area contributed by atoms with E-state index < -0.39 is 6.04 Å². The van der Waals surface area contributed by atoms with E-state index in [2.05, 4.69) is 44.9 Å². The van der Waals surface area contributed by atoms with Crippen molar-refractivity contribution in [2.75, 3.05) is 19.6 Å². The van der Waals surface area contributed by atoms with E-state index in [-0.39, 0.29) is 18.2 Å². The van der Waals surface area contributed by atoms with E-state index in [0.29, 0.717) is 26.2 Å². The summed E-state index contributed by atoms with van der Waals surface area (Å²) in [5, 5.41) is 13.3. The van der Waals surface area contributed by atoms with E-state index in [1.165, 1.54) is 11.1 Å².